The first-order chi connectivity index (χ1) is 5.72. The molecule has 0 saturated heterocycles. The van der Waals surface area contributed by atoms with E-state index in [-0.39, 0.29) is 0 Å². The smallest absolute Gasteiger partial charge is 0.0866 e. The molecule has 4 heteroatoms. The lowest BCUT2D eigenvalue weighted by molar-refractivity contribution is 0.371. The molecule has 64 valence electrons. The highest BCUT2D eigenvalue weighted by Crippen LogP contribution is 2.20. The van der Waals surface area contributed by atoms with Gasteiger partial charge in [0.15, 0.2) is 0 Å². The molecule has 1 heterocycles. The molecule has 1 aromatic rings. The van der Waals surface area contributed by atoms with Crippen molar-refractivity contribution in [2.24, 2.45) is 0 Å². The Balaban J connectivity index is 2.47. The summed E-state index contributed by atoms with van der Waals surface area (Å²) in [5, 5.41) is 10.5. The zero-order valence-corrected chi connectivity index (χ0v) is 9.15. The van der Waals surface area contributed by atoms with Gasteiger partial charge in [-0.2, -0.15) is 5.26 Å². The average Bonchev–Trinajstić information content (AvgIpc) is 2.36. The van der Waals surface area contributed by atoms with Crippen molar-refractivity contribution in [2.45, 2.75) is 6.54 Å². The molecule has 0 aliphatic carbocycles. The second-order valence-electron chi connectivity index (χ2n) is 2.56. The van der Waals surface area contributed by atoms with Gasteiger partial charge in [-0.25, -0.2) is 0 Å². The van der Waals surface area contributed by atoms with Crippen molar-refractivity contribution in [1.29, 1.82) is 5.26 Å². The van der Waals surface area contributed by atoms with Gasteiger partial charge >= 0.3 is 0 Å². The molecule has 0 unspecified atom stereocenters. The van der Waals surface area contributed by atoms with Crippen LogP contribution >= 0.6 is 27.3 Å². The summed E-state index contributed by atoms with van der Waals surface area (Å²) in [6, 6.07) is 4.20. The standard InChI is InChI=1S/C8H9BrN2S/c1-11(3-2-10)5-8-4-7(9)6-12-8/h4,6H,3,5H2,1H3. The number of thiophene rings is 1. The van der Waals surface area contributed by atoms with Crippen LogP contribution in [0.4, 0.5) is 0 Å². The van der Waals surface area contributed by atoms with Gasteiger partial charge in [0.25, 0.3) is 0 Å². The van der Waals surface area contributed by atoms with Crippen LogP contribution in [0.25, 0.3) is 0 Å². The molecule has 0 aliphatic heterocycles. The van der Waals surface area contributed by atoms with Crippen molar-refractivity contribution in [3.05, 3.63) is 20.8 Å². The third kappa shape index (κ3) is 2.94. The van der Waals surface area contributed by atoms with Gasteiger partial charge in [-0.3, -0.25) is 4.90 Å². The number of hydrogen-bond acceptors (Lipinski definition) is 3. The van der Waals surface area contributed by atoms with E-state index in [0.29, 0.717) is 6.54 Å². The summed E-state index contributed by atoms with van der Waals surface area (Å²) < 4.78 is 1.12. The van der Waals surface area contributed by atoms with Gasteiger partial charge in [0.1, 0.15) is 0 Å². The molecule has 2 nitrogen and oxygen atoms in total. The molecule has 1 aromatic heterocycles. The molecular weight excluding hydrogens is 236 g/mol. The fourth-order valence-electron chi connectivity index (χ4n) is 0.879. The molecule has 0 N–H and O–H groups in total. The second kappa shape index (κ2) is 4.61. The van der Waals surface area contributed by atoms with Crippen LogP contribution in [-0.4, -0.2) is 18.5 Å². The van der Waals surface area contributed by atoms with E-state index in [2.05, 4.69) is 33.4 Å². The van der Waals surface area contributed by atoms with E-state index >= 15 is 0 Å². The lowest BCUT2D eigenvalue weighted by Crippen LogP contribution is -2.16. The van der Waals surface area contributed by atoms with Gasteiger partial charge in [-0.1, -0.05) is 0 Å². The van der Waals surface area contributed by atoms with Crippen LogP contribution in [0.3, 0.4) is 0 Å². The van der Waals surface area contributed by atoms with Crippen LogP contribution < -0.4 is 0 Å². The van der Waals surface area contributed by atoms with Crippen molar-refractivity contribution in [2.75, 3.05) is 13.6 Å². The molecule has 1 rings (SSSR count). The highest BCUT2D eigenvalue weighted by atomic mass is 79.9. The summed E-state index contributed by atoms with van der Waals surface area (Å²) >= 11 is 5.09. The maximum absolute atomic E-state index is 8.42. The first-order valence-corrected chi connectivity index (χ1v) is 5.18. The fraction of sp³-hybridized carbons (Fsp3) is 0.375. The molecule has 12 heavy (non-hydrogen) atoms. The molecule has 0 fully saturated rings. The van der Waals surface area contributed by atoms with Crippen LogP contribution in [-0.2, 0) is 6.54 Å². The number of nitrogens with zero attached hydrogens (tertiary/aromatic N) is 2. The monoisotopic (exact) mass is 244 g/mol. The van der Waals surface area contributed by atoms with Crippen LogP contribution in [0.2, 0.25) is 0 Å². The first-order valence-electron chi connectivity index (χ1n) is 3.51. The molecule has 0 aromatic carbocycles. The third-order valence-electron chi connectivity index (χ3n) is 1.39. The van der Waals surface area contributed by atoms with Crippen LogP contribution in [0, 0.1) is 11.3 Å². The van der Waals surface area contributed by atoms with E-state index in [4.69, 9.17) is 5.26 Å². The van der Waals surface area contributed by atoms with E-state index < -0.39 is 0 Å². The summed E-state index contributed by atoms with van der Waals surface area (Å²) in [6.07, 6.45) is 0. The lowest BCUT2D eigenvalue weighted by atomic mass is 10.4. The fourth-order valence-corrected chi connectivity index (χ4v) is 2.41. The molecule has 0 saturated carbocycles. The largest absolute Gasteiger partial charge is 0.289 e. The highest BCUT2D eigenvalue weighted by molar-refractivity contribution is 9.10. The number of halogens is 1. The maximum Gasteiger partial charge on any atom is 0.0866 e. The van der Waals surface area contributed by atoms with Gasteiger partial charge < -0.3 is 0 Å². The molecule has 0 bridgehead atoms. The summed E-state index contributed by atoms with van der Waals surface area (Å²) in [5.41, 5.74) is 0. The summed E-state index contributed by atoms with van der Waals surface area (Å²) in [7, 11) is 1.94. The topological polar surface area (TPSA) is 27.0 Å². The molecule has 0 amide bonds. The minimum atomic E-state index is 0.482. The Bertz CT molecular complexity index is 289. The number of hydrogen-bond donors (Lipinski definition) is 0. The Kier molecular flexibility index (Phi) is 3.73. The highest BCUT2D eigenvalue weighted by Gasteiger charge is 2.01. The minimum Gasteiger partial charge on any atom is -0.289 e. The molecule has 0 aliphatic rings. The number of nitriles is 1. The van der Waals surface area contributed by atoms with Gasteiger partial charge in [0.2, 0.25) is 0 Å². The molecule has 0 spiro atoms. The summed E-state index contributed by atoms with van der Waals surface area (Å²) in [4.78, 5) is 3.26. The zero-order chi connectivity index (χ0) is 8.97. The SMILES string of the molecule is CN(CC#N)Cc1cc(Br)cs1. The van der Waals surface area contributed by atoms with Crippen LogP contribution in [0.5, 0.6) is 0 Å². The average molecular weight is 245 g/mol. The van der Waals surface area contributed by atoms with Crippen LogP contribution in [0.1, 0.15) is 4.88 Å². The van der Waals surface area contributed by atoms with E-state index in [1.54, 1.807) is 11.3 Å². The predicted octanol–water partition coefficient (Wildman–Crippen LogP) is 2.47. The van der Waals surface area contributed by atoms with Crippen molar-refractivity contribution >= 4 is 27.3 Å². The van der Waals surface area contributed by atoms with E-state index in [0.717, 1.165) is 11.0 Å². The predicted molar refractivity (Wildman–Crippen MR) is 54.0 cm³/mol. The zero-order valence-electron chi connectivity index (χ0n) is 6.75. The Morgan fingerprint density at radius 3 is 3.00 bits per heavy atom. The Morgan fingerprint density at radius 2 is 2.50 bits per heavy atom. The summed E-state index contributed by atoms with van der Waals surface area (Å²) in [6.45, 7) is 1.33. The Morgan fingerprint density at radius 1 is 1.75 bits per heavy atom. The molecule has 0 radical (unpaired) electrons. The van der Waals surface area contributed by atoms with Crippen molar-refractivity contribution in [1.82, 2.24) is 4.90 Å². The maximum atomic E-state index is 8.42. The van der Waals surface area contributed by atoms with E-state index in [9.17, 15) is 0 Å². The Labute approximate surface area is 84.6 Å². The quantitative estimate of drug-likeness (QED) is 0.765. The molecular formula is C8H9BrN2S. The van der Waals surface area contributed by atoms with Crippen molar-refractivity contribution in [3.8, 4) is 6.07 Å². The van der Waals surface area contributed by atoms with Gasteiger partial charge in [-0.05, 0) is 29.0 Å². The first kappa shape index (κ1) is 9.72. The van der Waals surface area contributed by atoms with Gasteiger partial charge in [0, 0.05) is 21.3 Å². The summed E-state index contributed by atoms with van der Waals surface area (Å²) in [5.74, 6) is 0. The third-order valence-corrected chi connectivity index (χ3v) is 3.07. The normalized spacial score (nSPS) is 10.2. The molecule has 0 atom stereocenters. The minimum absolute atomic E-state index is 0.482. The van der Waals surface area contributed by atoms with Gasteiger partial charge in [0.05, 0.1) is 12.6 Å². The Hall–Kier alpha value is -0.370. The van der Waals surface area contributed by atoms with Crippen molar-refractivity contribution < 1.29 is 0 Å². The van der Waals surface area contributed by atoms with E-state index in [1.165, 1.54) is 4.88 Å². The van der Waals surface area contributed by atoms with E-state index in [1.807, 2.05) is 11.9 Å². The lowest BCUT2D eigenvalue weighted by Gasteiger charge is -2.09. The van der Waals surface area contributed by atoms with Crippen molar-refractivity contribution in [3.63, 3.8) is 0 Å². The van der Waals surface area contributed by atoms with Crippen LogP contribution in [0.15, 0.2) is 15.9 Å². The second-order valence-corrected chi connectivity index (χ2v) is 4.47. The van der Waals surface area contributed by atoms with Gasteiger partial charge in [-0.15, -0.1) is 11.3 Å². The number of rotatable bonds is 3.